The van der Waals surface area contributed by atoms with E-state index in [-0.39, 0.29) is 24.5 Å². The van der Waals surface area contributed by atoms with Gasteiger partial charge in [0.25, 0.3) is 5.91 Å². The van der Waals surface area contributed by atoms with Crippen molar-refractivity contribution in [3.05, 3.63) is 77.9 Å². The lowest BCUT2D eigenvalue weighted by Crippen LogP contribution is -2.32. The Hall–Kier alpha value is -2.85. The van der Waals surface area contributed by atoms with Crippen molar-refractivity contribution in [3.63, 3.8) is 0 Å². The molecule has 3 aromatic carbocycles. The fourth-order valence-electron chi connectivity index (χ4n) is 3.11. The lowest BCUT2D eigenvalue weighted by Gasteiger charge is -2.19. The quantitative estimate of drug-likeness (QED) is 0.671. The van der Waals surface area contributed by atoms with E-state index in [0.717, 1.165) is 16.3 Å². The van der Waals surface area contributed by atoms with Crippen molar-refractivity contribution in [3.8, 4) is 5.75 Å². The highest BCUT2D eigenvalue weighted by Gasteiger charge is 2.14. The summed E-state index contributed by atoms with van der Waals surface area (Å²) >= 11 is 0. The number of nitrogens with one attached hydrogen (secondary N) is 1. The summed E-state index contributed by atoms with van der Waals surface area (Å²) in [7, 11) is 0. The molecule has 0 fully saturated rings. The molecule has 0 saturated carbocycles. The van der Waals surface area contributed by atoms with Gasteiger partial charge in [0.1, 0.15) is 5.75 Å². The fraction of sp³-hybridized carbons (Fsp3) is 0.292. The van der Waals surface area contributed by atoms with Gasteiger partial charge < -0.3 is 15.2 Å². The van der Waals surface area contributed by atoms with Crippen LogP contribution in [0.15, 0.2) is 66.7 Å². The average Bonchev–Trinajstić information content (AvgIpc) is 2.69. The predicted octanol–water partition coefficient (Wildman–Crippen LogP) is 4.37. The van der Waals surface area contributed by atoms with Gasteiger partial charge in [0.05, 0.1) is 6.10 Å². The Kier molecular flexibility index (Phi) is 6.00. The first kappa shape index (κ1) is 19.9. The van der Waals surface area contributed by atoms with Gasteiger partial charge >= 0.3 is 0 Å². The van der Waals surface area contributed by atoms with Gasteiger partial charge in [-0.3, -0.25) is 4.79 Å². The second kappa shape index (κ2) is 8.44. The first-order chi connectivity index (χ1) is 13.3. The van der Waals surface area contributed by atoms with Crippen molar-refractivity contribution >= 4 is 16.7 Å². The molecule has 28 heavy (non-hydrogen) atoms. The lowest BCUT2D eigenvalue weighted by atomic mass is 9.87. The second-order valence-electron chi connectivity index (χ2n) is 7.95. The number of hydrogen-bond donors (Lipinski definition) is 2. The van der Waals surface area contributed by atoms with Gasteiger partial charge in [-0.2, -0.15) is 0 Å². The molecule has 0 bridgehead atoms. The zero-order valence-electron chi connectivity index (χ0n) is 16.6. The van der Waals surface area contributed by atoms with Crippen LogP contribution >= 0.6 is 0 Å². The Balaban J connectivity index is 1.52. The molecule has 0 aliphatic rings. The lowest BCUT2D eigenvalue weighted by molar-refractivity contribution is -0.123. The van der Waals surface area contributed by atoms with Gasteiger partial charge in [0.15, 0.2) is 6.61 Å². The smallest absolute Gasteiger partial charge is 0.258 e. The maximum Gasteiger partial charge on any atom is 0.258 e. The van der Waals surface area contributed by atoms with Crippen LogP contribution in [0.4, 0.5) is 0 Å². The maximum absolute atomic E-state index is 12.1. The molecule has 0 spiro atoms. The minimum atomic E-state index is -0.777. The van der Waals surface area contributed by atoms with Crippen LogP contribution in [-0.4, -0.2) is 24.2 Å². The van der Waals surface area contributed by atoms with Crippen LogP contribution in [0.3, 0.4) is 0 Å². The highest BCUT2D eigenvalue weighted by atomic mass is 16.5. The Morgan fingerprint density at radius 2 is 1.68 bits per heavy atom. The molecule has 0 heterocycles. The summed E-state index contributed by atoms with van der Waals surface area (Å²) in [6.07, 6.45) is -0.777. The third-order valence-electron chi connectivity index (χ3n) is 4.77. The van der Waals surface area contributed by atoms with Crippen molar-refractivity contribution in [2.75, 3.05) is 13.2 Å². The maximum atomic E-state index is 12.1. The van der Waals surface area contributed by atoms with Crippen LogP contribution in [0.5, 0.6) is 5.75 Å². The number of carbonyl (C=O) groups excluding carboxylic acids is 1. The van der Waals surface area contributed by atoms with Gasteiger partial charge in [-0.05, 0) is 39.4 Å². The minimum absolute atomic E-state index is 0.0770. The third-order valence-corrected chi connectivity index (χ3v) is 4.77. The van der Waals surface area contributed by atoms with E-state index >= 15 is 0 Å². The van der Waals surface area contributed by atoms with E-state index in [9.17, 15) is 9.90 Å². The third kappa shape index (κ3) is 4.90. The number of amides is 1. The molecule has 2 N–H and O–H groups in total. The Labute approximate surface area is 166 Å². The average molecular weight is 377 g/mol. The molecule has 1 atom stereocenters. The molecular weight excluding hydrogens is 350 g/mol. The first-order valence-corrected chi connectivity index (χ1v) is 9.50. The molecule has 3 aromatic rings. The van der Waals surface area contributed by atoms with E-state index < -0.39 is 6.10 Å². The van der Waals surface area contributed by atoms with Crippen LogP contribution in [0, 0.1) is 0 Å². The van der Waals surface area contributed by atoms with Crippen LogP contribution in [0.25, 0.3) is 10.8 Å². The van der Waals surface area contributed by atoms with Crippen molar-refractivity contribution in [2.24, 2.45) is 0 Å². The Morgan fingerprint density at radius 1 is 1.00 bits per heavy atom. The predicted molar refractivity (Wildman–Crippen MR) is 113 cm³/mol. The Bertz CT molecular complexity index is 937. The molecule has 1 amide bonds. The normalized spacial score (nSPS) is 12.6. The van der Waals surface area contributed by atoms with E-state index in [1.165, 1.54) is 5.56 Å². The van der Waals surface area contributed by atoms with E-state index in [1.807, 2.05) is 66.7 Å². The number of rotatable bonds is 6. The fourth-order valence-corrected chi connectivity index (χ4v) is 3.11. The molecule has 4 nitrogen and oxygen atoms in total. The molecule has 0 aromatic heterocycles. The summed E-state index contributed by atoms with van der Waals surface area (Å²) in [5, 5.41) is 15.3. The molecule has 146 valence electrons. The molecule has 1 unspecified atom stereocenters. The standard InChI is InChI=1S/C24H27NO3/c1-24(2,3)18-11-13-19(14-12-18)28-16-23(27)25-15-22(26)21-10-6-8-17-7-4-5-9-20(17)21/h4-14,22,26H,15-16H2,1-3H3,(H,25,27). The van der Waals surface area contributed by atoms with Crippen LogP contribution in [0.1, 0.15) is 38.0 Å². The largest absolute Gasteiger partial charge is 0.484 e. The summed E-state index contributed by atoms with van der Waals surface area (Å²) in [5.41, 5.74) is 2.09. The van der Waals surface area contributed by atoms with Gasteiger partial charge in [0.2, 0.25) is 0 Å². The zero-order valence-corrected chi connectivity index (χ0v) is 16.6. The SMILES string of the molecule is CC(C)(C)c1ccc(OCC(=O)NCC(O)c2cccc3ccccc23)cc1. The molecule has 0 radical (unpaired) electrons. The summed E-state index contributed by atoms with van der Waals surface area (Å²) in [5.74, 6) is 0.386. The molecular formula is C24H27NO3. The summed E-state index contributed by atoms with van der Waals surface area (Å²) < 4.78 is 5.55. The Morgan fingerprint density at radius 3 is 2.39 bits per heavy atom. The highest BCUT2D eigenvalue weighted by molar-refractivity contribution is 5.86. The molecule has 0 aliphatic carbocycles. The van der Waals surface area contributed by atoms with Gasteiger partial charge in [-0.15, -0.1) is 0 Å². The summed E-state index contributed by atoms with van der Waals surface area (Å²) in [4.78, 5) is 12.1. The summed E-state index contributed by atoms with van der Waals surface area (Å²) in [6.45, 7) is 6.50. The van der Waals surface area contributed by atoms with Gasteiger partial charge in [-0.1, -0.05) is 75.4 Å². The number of benzene rings is 3. The molecule has 0 saturated heterocycles. The molecule has 4 heteroatoms. The second-order valence-corrected chi connectivity index (χ2v) is 7.95. The van der Waals surface area contributed by atoms with E-state index in [2.05, 4.69) is 26.1 Å². The number of carbonyl (C=O) groups is 1. The van der Waals surface area contributed by atoms with Crippen LogP contribution < -0.4 is 10.1 Å². The van der Waals surface area contributed by atoms with Gasteiger partial charge in [0, 0.05) is 6.54 Å². The van der Waals surface area contributed by atoms with E-state index in [4.69, 9.17) is 4.74 Å². The monoisotopic (exact) mass is 377 g/mol. The van der Waals surface area contributed by atoms with E-state index in [0.29, 0.717) is 5.75 Å². The molecule has 0 aliphatic heterocycles. The zero-order chi connectivity index (χ0) is 20.1. The van der Waals surface area contributed by atoms with Crippen molar-refractivity contribution in [1.82, 2.24) is 5.32 Å². The molecule has 3 rings (SSSR count). The van der Waals surface area contributed by atoms with Crippen molar-refractivity contribution in [1.29, 1.82) is 0 Å². The van der Waals surface area contributed by atoms with Crippen molar-refractivity contribution < 1.29 is 14.6 Å². The van der Waals surface area contributed by atoms with Crippen LogP contribution in [0.2, 0.25) is 0 Å². The van der Waals surface area contributed by atoms with Gasteiger partial charge in [-0.25, -0.2) is 0 Å². The minimum Gasteiger partial charge on any atom is -0.484 e. The van der Waals surface area contributed by atoms with Crippen LogP contribution in [-0.2, 0) is 10.2 Å². The highest BCUT2D eigenvalue weighted by Crippen LogP contribution is 2.25. The number of hydrogen-bond acceptors (Lipinski definition) is 3. The number of ether oxygens (including phenoxy) is 1. The number of aliphatic hydroxyl groups is 1. The number of aliphatic hydroxyl groups excluding tert-OH is 1. The van der Waals surface area contributed by atoms with E-state index in [1.54, 1.807) is 0 Å². The first-order valence-electron chi connectivity index (χ1n) is 9.50. The topological polar surface area (TPSA) is 58.6 Å². The number of fused-ring (bicyclic) bond motifs is 1. The summed E-state index contributed by atoms with van der Waals surface area (Å²) in [6, 6.07) is 21.4. The van der Waals surface area contributed by atoms with Crippen molar-refractivity contribution in [2.45, 2.75) is 32.3 Å².